The average Bonchev–Trinajstić information content (AvgIpc) is 2.83. The van der Waals surface area contributed by atoms with Gasteiger partial charge < -0.3 is 36.2 Å². The van der Waals surface area contributed by atoms with Crippen LogP contribution < -0.4 is 5.73 Å². The second-order valence-electron chi connectivity index (χ2n) is 10.4. The van der Waals surface area contributed by atoms with Gasteiger partial charge in [0.2, 0.25) is 11.7 Å². The Morgan fingerprint density at radius 3 is 2.32 bits per heavy atom. The average molecular weight is 616 g/mol. The SMILES string of the molecule is C[C@H]1c2cc(Cl)c(CC(=O)CBr)c(O)c2C(O)=C2C(=O)[C@]3(O)C(=O)C(C(N)=O)C(O)[C@@H](N(C)C)[C@@H]3[C@@H](O)[C@@H]21. The number of carbonyl (C=O) groups is 4. The fourth-order valence-corrected chi connectivity index (χ4v) is 6.93. The van der Waals surface area contributed by atoms with Crippen LogP contribution in [0.2, 0.25) is 5.02 Å². The Hall–Kier alpha value is -2.35. The smallest absolute Gasteiger partial charge is 0.230 e. The monoisotopic (exact) mass is 614 g/mol. The lowest BCUT2D eigenvalue weighted by Crippen LogP contribution is -2.76. The third-order valence-corrected chi connectivity index (χ3v) is 9.15. The van der Waals surface area contributed by atoms with E-state index in [0.29, 0.717) is 0 Å². The van der Waals surface area contributed by atoms with Gasteiger partial charge in [-0.3, -0.25) is 19.2 Å². The highest BCUT2D eigenvalue weighted by molar-refractivity contribution is 9.09. The van der Waals surface area contributed by atoms with Crippen molar-refractivity contribution in [1.29, 1.82) is 0 Å². The van der Waals surface area contributed by atoms with E-state index in [1.54, 1.807) is 6.92 Å². The summed E-state index contributed by atoms with van der Waals surface area (Å²) < 4.78 is 0. The van der Waals surface area contributed by atoms with Crippen molar-refractivity contribution in [3.05, 3.63) is 33.4 Å². The van der Waals surface area contributed by atoms with E-state index in [1.807, 2.05) is 0 Å². The molecule has 0 aliphatic heterocycles. The molecule has 2 saturated carbocycles. The molecule has 1 aromatic rings. The molecule has 0 radical (unpaired) electrons. The highest BCUT2D eigenvalue weighted by atomic mass is 79.9. The molecule has 206 valence electrons. The van der Waals surface area contributed by atoms with E-state index >= 15 is 0 Å². The Morgan fingerprint density at radius 2 is 1.79 bits per heavy atom. The summed E-state index contributed by atoms with van der Waals surface area (Å²) in [6.07, 6.45) is -3.69. The molecule has 0 heterocycles. The zero-order valence-corrected chi connectivity index (χ0v) is 23.0. The largest absolute Gasteiger partial charge is 0.507 e. The third-order valence-electron chi connectivity index (χ3n) is 8.19. The minimum atomic E-state index is -3.01. The van der Waals surface area contributed by atoms with Crippen molar-refractivity contribution in [2.75, 3.05) is 19.4 Å². The first-order chi connectivity index (χ1) is 17.6. The number of nitrogens with two attached hydrogens (primary N) is 1. The number of nitrogens with zero attached hydrogens (tertiary/aromatic N) is 1. The first kappa shape index (κ1) is 28.7. The minimum absolute atomic E-state index is 0.00592. The van der Waals surface area contributed by atoms with Crippen LogP contribution in [0.4, 0.5) is 0 Å². The standard InChI is InChI=1S/C25H28BrClN2O9/c1-7-9-5-11(27)10(4-8(30)6-26)18(31)13(9)19(32)14-12(7)20(33)16-17(29(2)3)21(34)15(24(28)37)23(36)25(16,38)22(14)35/h5,7,12,15-17,20-21,31-34,38H,4,6H2,1-3H3,(H2,28,37)/t7-,12+,15?,16+,17-,20-,21?,25-/m0/s1. The fraction of sp³-hybridized carbons (Fsp3) is 0.520. The first-order valence-corrected chi connectivity index (χ1v) is 13.3. The number of aliphatic hydroxyl groups excluding tert-OH is 3. The lowest BCUT2D eigenvalue weighted by atomic mass is 9.51. The molecule has 8 atom stereocenters. The number of alkyl halides is 1. The van der Waals surface area contributed by atoms with Gasteiger partial charge in [-0.05, 0) is 31.6 Å². The number of hydrogen-bond donors (Lipinski definition) is 6. The van der Waals surface area contributed by atoms with E-state index in [1.165, 1.54) is 25.1 Å². The van der Waals surface area contributed by atoms with Gasteiger partial charge in [0.05, 0.1) is 23.1 Å². The minimum Gasteiger partial charge on any atom is -0.507 e. The molecule has 0 spiro atoms. The van der Waals surface area contributed by atoms with Crippen molar-refractivity contribution in [2.24, 2.45) is 23.5 Å². The Balaban J connectivity index is 1.99. The van der Waals surface area contributed by atoms with Gasteiger partial charge >= 0.3 is 0 Å². The number of likely N-dealkylation sites (N-methyl/N-ethyl adjacent to an activating group) is 1. The number of phenolic OH excluding ortho intramolecular Hbond substituents is 1. The van der Waals surface area contributed by atoms with Crippen LogP contribution in [0.15, 0.2) is 11.6 Å². The molecule has 1 amide bonds. The number of aromatic hydroxyl groups is 1. The number of aliphatic hydroxyl groups is 4. The van der Waals surface area contributed by atoms with Gasteiger partial charge in [-0.15, -0.1) is 0 Å². The molecule has 38 heavy (non-hydrogen) atoms. The molecule has 13 heteroatoms. The summed E-state index contributed by atoms with van der Waals surface area (Å²) >= 11 is 9.42. The number of Topliss-reactive ketones (excluding diaryl/α,β-unsaturated/α-hetero) is 3. The maximum absolute atomic E-state index is 13.9. The summed E-state index contributed by atoms with van der Waals surface area (Å²) in [4.78, 5) is 52.9. The molecule has 2 fully saturated rings. The summed E-state index contributed by atoms with van der Waals surface area (Å²) in [5.41, 5.74) is 1.89. The lowest BCUT2D eigenvalue weighted by Gasteiger charge is -2.56. The molecular formula is C25H28BrClN2O9. The maximum Gasteiger partial charge on any atom is 0.230 e. The van der Waals surface area contributed by atoms with E-state index in [4.69, 9.17) is 17.3 Å². The number of benzene rings is 1. The Labute approximate surface area is 231 Å². The molecular weight excluding hydrogens is 588 g/mol. The summed E-state index contributed by atoms with van der Waals surface area (Å²) in [7, 11) is 2.96. The molecule has 0 aromatic heterocycles. The number of carbonyl (C=O) groups excluding carboxylic acids is 4. The van der Waals surface area contributed by atoms with Crippen LogP contribution in [0.3, 0.4) is 0 Å². The number of halogens is 2. The molecule has 2 unspecified atom stereocenters. The summed E-state index contributed by atoms with van der Waals surface area (Å²) in [5, 5.41) is 56.6. The van der Waals surface area contributed by atoms with Gasteiger partial charge in [0.15, 0.2) is 11.4 Å². The van der Waals surface area contributed by atoms with E-state index in [-0.39, 0.29) is 39.2 Å². The highest BCUT2D eigenvalue weighted by Gasteiger charge is 2.71. The van der Waals surface area contributed by atoms with Crippen LogP contribution in [-0.4, -0.2) is 97.0 Å². The number of ketones is 3. The van der Waals surface area contributed by atoms with Gasteiger partial charge in [-0.1, -0.05) is 34.5 Å². The number of amides is 1. The van der Waals surface area contributed by atoms with E-state index in [2.05, 4.69) is 15.9 Å². The maximum atomic E-state index is 13.9. The predicted molar refractivity (Wildman–Crippen MR) is 138 cm³/mol. The molecule has 0 saturated heterocycles. The van der Waals surface area contributed by atoms with Crippen molar-refractivity contribution in [3.8, 4) is 5.75 Å². The van der Waals surface area contributed by atoms with Crippen LogP contribution in [0.25, 0.3) is 5.76 Å². The van der Waals surface area contributed by atoms with Gasteiger partial charge in [0.1, 0.15) is 23.2 Å². The van der Waals surface area contributed by atoms with Crippen molar-refractivity contribution in [3.63, 3.8) is 0 Å². The molecule has 3 aliphatic rings. The molecule has 7 N–H and O–H groups in total. The van der Waals surface area contributed by atoms with Crippen LogP contribution >= 0.6 is 27.5 Å². The highest BCUT2D eigenvalue weighted by Crippen LogP contribution is 2.56. The van der Waals surface area contributed by atoms with Crippen molar-refractivity contribution >= 4 is 56.5 Å². The molecule has 1 aromatic carbocycles. The topological polar surface area (TPSA) is 199 Å². The van der Waals surface area contributed by atoms with Crippen LogP contribution in [0.5, 0.6) is 5.75 Å². The number of phenols is 1. The number of primary amides is 1. The molecule has 3 aliphatic carbocycles. The molecule has 11 nitrogen and oxygen atoms in total. The zero-order valence-electron chi connectivity index (χ0n) is 20.7. The van der Waals surface area contributed by atoms with E-state index in [0.717, 1.165) is 0 Å². The Morgan fingerprint density at radius 1 is 1.18 bits per heavy atom. The number of hydrogen-bond acceptors (Lipinski definition) is 10. The molecule has 4 rings (SSSR count). The van der Waals surface area contributed by atoms with Crippen molar-refractivity contribution in [1.82, 2.24) is 4.90 Å². The molecule has 0 bridgehead atoms. The Kier molecular flexibility index (Phi) is 7.30. The second-order valence-corrected chi connectivity index (χ2v) is 11.3. The van der Waals surface area contributed by atoms with Crippen molar-refractivity contribution in [2.45, 2.75) is 43.1 Å². The normalized spacial score (nSPS) is 34.6. The quantitative estimate of drug-likeness (QED) is 0.191. The summed E-state index contributed by atoms with van der Waals surface area (Å²) in [6.45, 7) is 1.61. The van der Waals surface area contributed by atoms with E-state index < -0.39 is 82.1 Å². The van der Waals surface area contributed by atoms with Gasteiger partial charge in [-0.2, -0.15) is 0 Å². The van der Waals surface area contributed by atoms with Gasteiger partial charge in [-0.25, -0.2) is 0 Å². The van der Waals surface area contributed by atoms with Gasteiger partial charge in [0.25, 0.3) is 0 Å². The Bertz CT molecular complexity index is 1300. The van der Waals surface area contributed by atoms with Crippen LogP contribution in [0.1, 0.15) is 29.5 Å². The summed E-state index contributed by atoms with van der Waals surface area (Å²) in [5.74, 6) is -11.1. The third kappa shape index (κ3) is 3.76. The fourth-order valence-electron chi connectivity index (χ4n) is 6.46. The zero-order chi connectivity index (χ0) is 28.6. The van der Waals surface area contributed by atoms with Crippen LogP contribution in [-0.2, 0) is 25.6 Å². The lowest BCUT2D eigenvalue weighted by molar-refractivity contribution is -0.199. The van der Waals surface area contributed by atoms with Gasteiger partial charge in [0, 0.05) is 40.5 Å². The summed E-state index contributed by atoms with van der Waals surface area (Å²) in [6, 6.07) is 0.178. The second kappa shape index (κ2) is 9.68. The van der Waals surface area contributed by atoms with Crippen LogP contribution in [0, 0.1) is 17.8 Å². The number of rotatable bonds is 5. The predicted octanol–water partition coefficient (Wildman–Crippen LogP) is -0.179. The van der Waals surface area contributed by atoms with E-state index in [9.17, 15) is 44.7 Å². The first-order valence-electron chi connectivity index (χ1n) is 11.8. The number of fused-ring (bicyclic) bond motifs is 3. The van der Waals surface area contributed by atoms with Crippen molar-refractivity contribution < 1.29 is 44.7 Å².